The zero-order valence-corrected chi connectivity index (χ0v) is 14.0. The number of thioether (sulfide) groups is 1. The van der Waals surface area contributed by atoms with Gasteiger partial charge in [-0.15, -0.1) is 10.2 Å². The molecule has 0 saturated heterocycles. The van der Waals surface area contributed by atoms with Gasteiger partial charge in [0.2, 0.25) is 0 Å². The van der Waals surface area contributed by atoms with Crippen LogP contribution in [0.1, 0.15) is 5.56 Å². The van der Waals surface area contributed by atoms with Crippen molar-refractivity contribution in [2.75, 3.05) is 7.11 Å². The number of benzene rings is 2. The largest absolute Gasteiger partial charge is 0.494 e. The molecule has 4 nitrogen and oxygen atoms in total. The van der Waals surface area contributed by atoms with E-state index in [0.717, 1.165) is 5.56 Å². The molecule has 0 fully saturated rings. The lowest BCUT2D eigenvalue weighted by atomic mass is 10.2. The Morgan fingerprint density at radius 1 is 1.08 bits per heavy atom. The molecule has 0 saturated carbocycles. The highest BCUT2D eigenvalue weighted by atomic mass is 32.2. The number of methoxy groups -OCH3 is 1. The van der Waals surface area contributed by atoms with E-state index in [2.05, 4.69) is 10.2 Å². The summed E-state index contributed by atoms with van der Waals surface area (Å²) in [5.74, 6) is 0.438. The van der Waals surface area contributed by atoms with Crippen molar-refractivity contribution in [3.05, 3.63) is 59.7 Å². The van der Waals surface area contributed by atoms with Gasteiger partial charge in [0.05, 0.1) is 12.7 Å². The Balaban J connectivity index is 1.78. The van der Waals surface area contributed by atoms with E-state index in [1.807, 2.05) is 0 Å². The van der Waals surface area contributed by atoms with Crippen molar-refractivity contribution in [2.45, 2.75) is 10.9 Å². The summed E-state index contributed by atoms with van der Waals surface area (Å²) in [6, 6.07) is 11.2. The van der Waals surface area contributed by atoms with Crippen molar-refractivity contribution in [3.8, 4) is 17.1 Å². The van der Waals surface area contributed by atoms with Crippen LogP contribution in [0, 0.1) is 11.6 Å². The summed E-state index contributed by atoms with van der Waals surface area (Å²) in [5, 5.41) is 8.79. The third-order valence-corrected chi connectivity index (χ3v) is 4.63. The Labute approximate surface area is 142 Å². The average Bonchev–Trinajstić information content (AvgIpc) is 2.94. The van der Waals surface area contributed by atoms with E-state index >= 15 is 0 Å². The number of rotatable bonds is 5. The Morgan fingerprint density at radius 2 is 1.88 bits per heavy atom. The molecule has 1 aromatic heterocycles. The molecule has 0 spiro atoms. The zero-order valence-electron chi connectivity index (χ0n) is 13.2. The monoisotopic (exact) mass is 347 g/mol. The van der Waals surface area contributed by atoms with Gasteiger partial charge in [0.25, 0.3) is 0 Å². The molecule has 0 aliphatic rings. The van der Waals surface area contributed by atoms with Crippen LogP contribution < -0.4 is 4.74 Å². The van der Waals surface area contributed by atoms with Crippen LogP contribution in [-0.2, 0) is 12.8 Å². The summed E-state index contributed by atoms with van der Waals surface area (Å²) in [6.07, 6.45) is 0. The van der Waals surface area contributed by atoms with E-state index in [0.29, 0.717) is 22.3 Å². The van der Waals surface area contributed by atoms with Gasteiger partial charge in [-0.3, -0.25) is 0 Å². The van der Waals surface area contributed by atoms with E-state index in [9.17, 15) is 8.78 Å². The number of hydrogen-bond acceptors (Lipinski definition) is 4. The Kier molecular flexibility index (Phi) is 4.80. The molecule has 0 aliphatic heterocycles. The van der Waals surface area contributed by atoms with Crippen LogP contribution in [0.4, 0.5) is 8.78 Å². The van der Waals surface area contributed by atoms with Crippen molar-refractivity contribution in [1.82, 2.24) is 14.8 Å². The van der Waals surface area contributed by atoms with Crippen LogP contribution in [0.3, 0.4) is 0 Å². The summed E-state index contributed by atoms with van der Waals surface area (Å²) in [6.45, 7) is 0. The van der Waals surface area contributed by atoms with Crippen LogP contribution >= 0.6 is 11.8 Å². The Hall–Kier alpha value is -2.41. The maximum atomic E-state index is 13.9. The van der Waals surface area contributed by atoms with Crippen LogP contribution in [-0.4, -0.2) is 21.9 Å². The van der Waals surface area contributed by atoms with Gasteiger partial charge in [-0.05, 0) is 29.8 Å². The lowest BCUT2D eigenvalue weighted by Crippen LogP contribution is -1.97. The van der Waals surface area contributed by atoms with Gasteiger partial charge in [0.15, 0.2) is 22.5 Å². The smallest absolute Gasteiger partial charge is 0.191 e. The van der Waals surface area contributed by atoms with Crippen molar-refractivity contribution in [1.29, 1.82) is 0 Å². The highest BCUT2D eigenvalue weighted by molar-refractivity contribution is 7.98. The first-order valence-electron chi connectivity index (χ1n) is 7.19. The molecule has 0 N–H and O–H groups in total. The molecule has 7 heteroatoms. The number of hydrogen-bond donors (Lipinski definition) is 0. The molecule has 3 rings (SSSR count). The molecular weight excluding hydrogens is 332 g/mol. The highest BCUT2D eigenvalue weighted by Crippen LogP contribution is 2.27. The molecule has 2 aromatic carbocycles. The minimum Gasteiger partial charge on any atom is -0.494 e. The first-order chi connectivity index (χ1) is 11.6. The second-order valence-corrected chi connectivity index (χ2v) is 6.05. The third kappa shape index (κ3) is 3.26. The van der Waals surface area contributed by atoms with Gasteiger partial charge < -0.3 is 9.30 Å². The number of aromatic nitrogens is 3. The fourth-order valence-electron chi connectivity index (χ4n) is 2.27. The third-order valence-electron chi connectivity index (χ3n) is 3.53. The topological polar surface area (TPSA) is 39.9 Å². The predicted octanol–water partition coefficient (Wildman–Crippen LogP) is 4.06. The van der Waals surface area contributed by atoms with Crippen LogP contribution in [0.25, 0.3) is 11.4 Å². The van der Waals surface area contributed by atoms with Gasteiger partial charge in [-0.25, -0.2) is 8.78 Å². The van der Waals surface area contributed by atoms with Crippen molar-refractivity contribution < 1.29 is 13.5 Å². The normalized spacial score (nSPS) is 10.8. The van der Waals surface area contributed by atoms with E-state index in [1.165, 1.54) is 31.0 Å². The van der Waals surface area contributed by atoms with Gasteiger partial charge in [0.1, 0.15) is 5.82 Å². The van der Waals surface area contributed by atoms with Crippen molar-refractivity contribution in [3.63, 3.8) is 0 Å². The molecule has 0 atom stereocenters. The molecule has 0 unspecified atom stereocenters. The lowest BCUT2D eigenvalue weighted by Gasteiger charge is -2.06. The first-order valence-corrected chi connectivity index (χ1v) is 8.18. The molecule has 0 aliphatic carbocycles. The Bertz CT molecular complexity index is 867. The van der Waals surface area contributed by atoms with Gasteiger partial charge in [0, 0.05) is 12.8 Å². The molecular formula is C17H15F2N3OS. The fraction of sp³-hybridized carbons (Fsp3) is 0.176. The summed E-state index contributed by atoms with van der Waals surface area (Å²) >= 11 is 1.40. The maximum absolute atomic E-state index is 13.9. The fourth-order valence-corrected chi connectivity index (χ4v) is 3.12. The molecule has 24 heavy (non-hydrogen) atoms. The first kappa shape index (κ1) is 16.4. The second kappa shape index (κ2) is 7.00. The predicted molar refractivity (Wildman–Crippen MR) is 88.9 cm³/mol. The lowest BCUT2D eigenvalue weighted by molar-refractivity contribution is 0.386. The number of nitrogens with zero attached hydrogens (tertiary/aromatic N) is 3. The van der Waals surface area contributed by atoms with E-state index in [4.69, 9.17) is 4.74 Å². The van der Waals surface area contributed by atoms with Gasteiger partial charge in [-0.1, -0.05) is 30.0 Å². The van der Waals surface area contributed by atoms with E-state index in [-0.39, 0.29) is 11.6 Å². The van der Waals surface area contributed by atoms with Gasteiger partial charge >= 0.3 is 0 Å². The number of ether oxygens (including phenoxy) is 1. The van der Waals surface area contributed by atoms with Crippen molar-refractivity contribution in [2.24, 2.45) is 7.05 Å². The summed E-state index contributed by atoms with van der Waals surface area (Å²) in [5.41, 5.74) is 1.20. The average molecular weight is 347 g/mol. The molecule has 0 bridgehead atoms. The molecule has 0 radical (unpaired) electrons. The van der Waals surface area contributed by atoms with Crippen molar-refractivity contribution >= 4 is 11.8 Å². The SMILES string of the molecule is COc1ccc(CSc2nnc(-c3ccccc3F)n2C)cc1F. The minimum absolute atomic E-state index is 0.212. The quantitative estimate of drug-likeness (QED) is 0.653. The van der Waals surface area contributed by atoms with Crippen LogP contribution in [0.15, 0.2) is 47.6 Å². The van der Waals surface area contributed by atoms with Crippen LogP contribution in [0.5, 0.6) is 5.75 Å². The Morgan fingerprint density at radius 3 is 2.58 bits per heavy atom. The highest BCUT2D eigenvalue weighted by Gasteiger charge is 2.14. The number of halogens is 2. The van der Waals surface area contributed by atoms with E-state index < -0.39 is 5.82 Å². The zero-order chi connectivity index (χ0) is 17.1. The molecule has 3 aromatic rings. The summed E-state index contributed by atoms with van der Waals surface area (Å²) in [4.78, 5) is 0. The standard InChI is InChI=1S/C17H15F2N3OS/c1-22-16(12-5-3-4-6-13(12)18)20-21-17(22)24-10-11-7-8-15(23-2)14(19)9-11/h3-9H,10H2,1-2H3. The second-order valence-electron chi connectivity index (χ2n) is 5.10. The maximum Gasteiger partial charge on any atom is 0.191 e. The molecule has 1 heterocycles. The van der Waals surface area contributed by atoms with E-state index in [1.54, 1.807) is 41.9 Å². The molecule has 124 valence electrons. The summed E-state index contributed by atoms with van der Waals surface area (Å²) < 4.78 is 34.2. The minimum atomic E-state index is -0.402. The van der Waals surface area contributed by atoms with Crippen LogP contribution in [0.2, 0.25) is 0 Å². The van der Waals surface area contributed by atoms with Gasteiger partial charge in [-0.2, -0.15) is 0 Å². The molecule has 0 amide bonds. The summed E-state index contributed by atoms with van der Waals surface area (Å²) in [7, 11) is 3.20.